The average Bonchev–Trinajstić information content (AvgIpc) is 1.94. The summed E-state index contributed by atoms with van der Waals surface area (Å²) in [6.07, 6.45) is 12.2. The van der Waals surface area contributed by atoms with E-state index in [0.29, 0.717) is 0 Å². The molecular formula is C8H15N. The van der Waals surface area contributed by atoms with E-state index in [1.807, 2.05) is 0 Å². The summed E-state index contributed by atoms with van der Waals surface area (Å²) in [5.74, 6) is 0. The third kappa shape index (κ3) is 4.05. The molecular weight excluding hydrogens is 110 g/mol. The number of terminal acetylenes is 1. The highest BCUT2D eigenvalue weighted by Crippen LogP contribution is 2.04. The summed E-state index contributed by atoms with van der Waals surface area (Å²) in [5.41, 5.74) is 0. The molecule has 1 N–H and O–H groups in total. The van der Waals surface area contributed by atoms with Gasteiger partial charge in [0.1, 0.15) is 0 Å². The van der Waals surface area contributed by atoms with Gasteiger partial charge in [0.25, 0.3) is 0 Å². The van der Waals surface area contributed by atoms with Crippen molar-refractivity contribution in [2.24, 2.45) is 0 Å². The minimum absolute atomic E-state index is 0.786. The first-order valence-corrected chi connectivity index (χ1v) is 3.46. The van der Waals surface area contributed by atoms with Crippen LogP contribution in [0, 0.1) is 12.8 Å². The van der Waals surface area contributed by atoms with E-state index in [0.717, 1.165) is 6.04 Å². The van der Waals surface area contributed by atoms with Crippen LogP contribution in [0.15, 0.2) is 0 Å². The van der Waals surface area contributed by atoms with Gasteiger partial charge in [0, 0.05) is 6.04 Å². The molecule has 0 aliphatic carbocycles. The van der Waals surface area contributed by atoms with Gasteiger partial charge in [0.15, 0.2) is 0 Å². The molecule has 1 heterocycles. The molecule has 0 aromatic carbocycles. The summed E-state index contributed by atoms with van der Waals surface area (Å²) in [6.45, 7) is 3.49. The van der Waals surface area contributed by atoms with Crippen LogP contribution in [0.4, 0.5) is 0 Å². The van der Waals surface area contributed by atoms with Crippen molar-refractivity contribution in [1.82, 2.24) is 5.32 Å². The Labute approximate surface area is 57.8 Å². The first-order chi connectivity index (χ1) is 4.39. The molecule has 0 aromatic rings. The van der Waals surface area contributed by atoms with Crippen LogP contribution in [-0.4, -0.2) is 12.6 Å². The molecule has 1 heteroatoms. The van der Waals surface area contributed by atoms with Crippen LogP contribution < -0.4 is 5.32 Å². The summed E-state index contributed by atoms with van der Waals surface area (Å²) in [6, 6.07) is 0.786. The zero-order chi connectivity index (χ0) is 7.11. The largest absolute Gasteiger partial charge is 0.314 e. The number of piperidine rings is 1. The molecule has 52 valence electrons. The first-order valence-electron chi connectivity index (χ1n) is 3.46. The lowest BCUT2D eigenvalue weighted by Crippen LogP contribution is -2.30. The Kier molecular flexibility index (Phi) is 5.35. The van der Waals surface area contributed by atoms with Crippen LogP contribution in [0.5, 0.6) is 0 Å². The lowest BCUT2D eigenvalue weighted by molar-refractivity contribution is 0.425. The van der Waals surface area contributed by atoms with Crippen LogP contribution in [-0.2, 0) is 0 Å². The quantitative estimate of drug-likeness (QED) is 0.482. The number of rotatable bonds is 0. The summed E-state index contributed by atoms with van der Waals surface area (Å²) >= 11 is 0. The SMILES string of the molecule is C#C.CC1CCCCN1. The van der Waals surface area contributed by atoms with Crippen LogP contribution in [0.1, 0.15) is 26.2 Å². The monoisotopic (exact) mass is 125 g/mol. The number of hydrogen-bond acceptors (Lipinski definition) is 1. The van der Waals surface area contributed by atoms with Crippen molar-refractivity contribution in [3.05, 3.63) is 0 Å². The Balaban J connectivity index is 0.000000291. The van der Waals surface area contributed by atoms with Crippen LogP contribution in [0.25, 0.3) is 0 Å². The Morgan fingerprint density at radius 1 is 1.33 bits per heavy atom. The van der Waals surface area contributed by atoms with Gasteiger partial charge in [-0.1, -0.05) is 6.42 Å². The molecule has 0 radical (unpaired) electrons. The van der Waals surface area contributed by atoms with E-state index >= 15 is 0 Å². The first kappa shape index (κ1) is 8.52. The normalized spacial score (nSPS) is 25.9. The Bertz CT molecular complexity index is 69.9. The second kappa shape index (κ2) is 5.65. The predicted molar refractivity (Wildman–Crippen MR) is 41.2 cm³/mol. The van der Waals surface area contributed by atoms with E-state index in [-0.39, 0.29) is 0 Å². The van der Waals surface area contributed by atoms with E-state index in [1.165, 1.54) is 25.8 Å². The molecule has 1 unspecified atom stereocenters. The lowest BCUT2D eigenvalue weighted by Gasteiger charge is -2.18. The Morgan fingerprint density at radius 3 is 2.22 bits per heavy atom. The van der Waals surface area contributed by atoms with Crippen molar-refractivity contribution in [1.29, 1.82) is 0 Å². The predicted octanol–water partition coefficient (Wildman–Crippen LogP) is 1.40. The van der Waals surface area contributed by atoms with Gasteiger partial charge in [-0.2, -0.15) is 0 Å². The van der Waals surface area contributed by atoms with Crippen molar-refractivity contribution in [3.63, 3.8) is 0 Å². The van der Waals surface area contributed by atoms with Gasteiger partial charge in [-0.3, -0.25) is 0 Å². The average molecular weight is 125 g/mol. The second-order valence-electron chi connectivity index (χ2n) is 2.35. The van der Waals surface area contributed by atoms with Crippen molar-refractivity contribution < 1.29 is 0 Å². The highest BCUT2D eigenvalue weighted by atomic mass is 14.9. The van der Waals surface area contributed by atoms with Crippen molar-refractivity contribution >= 4 is 0 Å². The maximum atomic E-state index is 4.00. The van der Waals surface area contributed by atoms with Crippen molar-refractivity contribution in [2.45, 2.75) is 32.2 Å². The summed E-state index contributed by atoms with van der Waals surface area (Å²) < 4.78 is 0. The third-order valence-electron chi connectivity index (χ3n) is 1.56. The zero-order valence-corrected chi connectivity index (χ0v) is 6.06. The standard InChI is InChI=1S/C6H13N.C2H2/c1-6-4-2-3-5-7-6;1-2/h6-7H,2-5H2,1H3;1-2H. The molecule has 0 bridgehead atoms. The molecule has 0 amide bonds. The van der Waals surface area contributed by atoms with E-state index in [2.05, 4.69) is 25.1 Å². The Hall–Kier alpha value is -0.480. The highest BCUT2D eigenvalue weighted by molar-refractivity contribution is 4.65. The van der Waals surface area contributed by atoms with Gasteiger partial charge in [0.2, 0.25) is 0 Å². The highest BCUT2D eigenvalue weighted by Gasteiger charge is 2.04. The zero-order valence-electron chi connectivity index (χ0n) is 6.06. The number of nitrogens with one attached hydrogen (secondary N) is 1. The summed E-state index contributed by atoms with van der Waals surface area (Å²) in [7, 11) is 0. The molecule has 1 nitrogen and oxygen atoms in total. The molecule has 1 saturated heterocycles. The second-order valence-corrected chi connectivity index (χ2v) is 2.35. The van der Waals surface area contributed by atoms with E-state index in [9.17, 15) is 0 Å². The van der Waals surface area contributed by atoms with Crippen LogP contribution >= 0.6 is 0 Å². The third-order valence-corrected chi connectivity index (χ3v) is 1.56. The number of hydrogen-bond donors (Lipinski definition) is 1. The maximum Gasteiger partial charge on any atom is 0.00387 e. The maximum absolute atomic E-state index is 4.00. The van der Waals surface area contributed by atoms with Gasteiger partial charge in [-0.25, -0.2) is 0 Å². The molecule has 9 heavy (non-hydrogen) atoms. The van der Waals surface area contributed by atoms with Crippen molar-refractivity contribution in [3.8, 4) is 12.8 Å². The van der Waals surface area contributed by atoms with Crippen LogP contribution in [0.3, 0.4) is 0 Å². The van der Waals surface area contributed by atoms with Gasteiger partial charge >= 0.3 is 0 Å². The summed E-state index contributed by atoms with van der Waals surface area (Å²) in [4.78, 5) is 0. The minimum atomic E-state index is 0.786. The molecule has 0 saturated carbocycles. The lowest BCUT2D eigenvalue weighted by atomic mass is 10.1. The molecule has 1 atom stereocenters. The Morgan fingerprint density at radius 2 is 2.00 bits per heavy atom. The van der Waals surface area contributed by atoms with Gasteiger partial charge < -0.3 is 5.32 Å². The molecule has 0 spiro atoms. The minimum Gasteiger partial charge on any atom is -0.314 e. The molecule has 1 aliphatic heterocycles. The fraction of sp³-hybridized carbons (Fsp3) is 0.750. The molecule has 1 aliphatic rings. The van der Waals surface area contributed by atoms with E-state index < -0.39 is 0 Å². The fourth-order valence-corrected chi connectivity index (χ4v) is 1.03. The summed E-state index contributed by atoms with van der Waals surface area (Å²) in [5, 5.41) is 3.38. The molecule has 1 rings (SSSR count). The van der Waals surface area contributed by atoms with E-state index in [4.69, 9.17) is 0 Å². The fourth-order valence-electron chi connectivity index (χ4n) is 1.03. The van der Waals surface area contributed by atoms with Gasteiger partial charge in [-0.05, 0) is 26.3 Å². The molecule has 1 fully saturated rings. The topological polar surface area (TPSA) is 12.0 Å². The molecule has 0 aromatic heterocycles. The van der Waals surface area contributed by atoms with Gasteiger partial charge in [-0.15, -0.1) is 12.8 Å². The smallest absolute Gasteiger partial charge is 0.00387 e. The van der Waals surface area contributed by atoms with Gasteiger partial charge in [0.05, 0.1) is 0 Å². The van der Waals surface area contributed by atoms with Crippen molar-refractivity contribution in [2.75, 3.05) is 6.54 Å². The van der Waals surface area contributed by atoms with Crippen LogP contribution in [0.2, 0.25) is 0 Å². The van der Waals surface area contributed by atoms with E-state index in [1.54, 1.807) is 0 Å².